The topological polar surface area (TPSA) is 50.4 Å². The Kier molecular flexibility index (Phi) is 4.93. The maximum Gasteiger partial charge on any atom is 0.238 e. The van der Waals surface area contributed by atoms with Crippen LogP contribution in [-0.2, 0) is 9.53 Å². The van der Waals surface area contributed by atoms with Gasteiger partial charge in [-0.15, -0.1) is 0 Å². The maximum absolute atomic E-state index is 11.8. The number of nitrogens with one attached hydrogen (secondary N) is 2. The number of amides is 1. The van der Waals surface area contributed by atoms with Crippen LogP contribution in [0.3, 0.4) is 0 Å². The van der Waals surface area contributed by atoms with Crippen LogP contribution in [0.15, 0.2) is 0 Å². The fourth-order valence-electron chi connectivity index (χ4n) is 2.04. The summed E-state index contributed by atoms with van der Waals surface area (Å²) >= 11 is 1.84. The highest BCUT2D eigenvalue weighted by Gasteiger charge is 2.22. The van der Waals surface area contributed by atoms with Gasteiger partial charge < -0.3 is 15.4 Å². The summed E-state index contributed by atoms with van der Waals surface area (Å²) in [5.74, 6) is 2.12. The first-order valence-electron chi connectivity index (χ1n) is 6.07. The molecule has 0 radical (unpaired) electrons. The largest absolute Gasteiger partial charge is 0.376 e. The zero-order valence-corrected chi connectivity index (χ0v) is 10.4. The highest BCUT2D eigenvalue weighted by atomic mass is 32.2. The Morgan fingerprint density at radius 2 is 2.44 bits per heavy atom. The van der Waals surface area contributed by atoms with Gasteiger partial charge in [-0.05, 0) is 19.3 Å². The molecule has 2 aliphatic rings. The minimum absolute atomic E-state index is 0.0117. The third-order valence-electron chi connectivity index (χ3n) is 3.02. The first kappa shape index (κ1) is 12.2. The van der Waals surface area contributed by atoms with E-state index in [0.717, 1.165) is 37.5 Å². The van der Waals surface area contributed by atoms with E-state index in [4.69, 9.17) is 4.74 Å². The van der Waals surface area contributed by atoms with E-state index in [2.05, 4.69) is 10.6 Å². The van der Waals surface area contributed by atoms with E-state index in [1.807, 2.05) is 11.8 Å². The number of thioether (sulfide) groups is 1. The lowest BCUT2D eigenvalue weighted by Gasteiger charge is -2.25. The first-order valence-corrected chi connectivity index (χ1v) is 7.22. The average Bonchev–Trinajstić information content (AvgIpc) is 2.38. The summed E-state index contributed by atoms with van der Waals surface area (Å²) in [7, 11) is 0. The van der Waals surface area contributed by atoms with Crippen LogP contribution in [0.5, 0.6) is 0 Å². The smallest absolute Gasteiger partial charge is 0.238 e. The lowest BCUT2D eigenvalue weighted by Crippen LogP contribution is -2.50. The molecule has 0 aromatic carbocycles. The lowest BCUT2D eigenvalue weighted by atomic mass is 10.1. The molecule has 2 fully saturated rings. The van der Waals surface area contributed by atoms with Crippen LogP contribution in [0.4, 0.5) is 0 Å². The molecule has 0 bridgehead atoms. The Morgan fingerprint density at radius 3 is 3.12 bits per heavy atom. The molecule has 2 rings (SSSR count). The van der Waals surface area contributed by atoms with Crippen molar-refractivity contribution in [2.24, 2.45) is 0 Å². The molecule has 2 aliphatic heterocycles. The molecule has 2 atom stereocenters. The molecule has 0 aliphatic carbocycles. The second-order valence-corrected chi connectivity index (χ2v) is 5.47. The van der Waals surface area contributed by atoms with Crippen LogP contribution in [0.25, 0.3) is 0 Å². The number of rotatable bonds is 3. The van der Waals surface area contributed by atoms with Crippen molar-refractivity contribution < 1.29 is 9.53 Å². The molecule has 0 aromatic rings. The summed E-state index contributed by atoms with van der Waals surface area (Å²) in [5, 5.41) is 6.22. The molecular weight excluding hydrogens is 224 g/mol. The van der Waals surface area contributed by atoms with Crippen molar-refractivity contribution in [1.82, 2.24) is 10.6 Å². The van der Waals surface area contributed by atoms with Crippen LogP contribution >= 0.6 is 11.8 Å². The van der Waals surface area contributed by atoms with Crippen molar-refractivity contribution in [2.75, 3.05) is 31.2 Å². The minimum Gasteiger partial charge on any atom is -0.376 e. The minimum atomic E-state index is -0.0117. The van der Waals surface area contributed by atoms with E-state index in [9.17, 15) is 4.79 Å². The van der Waals surface area contributed by atoms with Crippen molar-refractivity contribution >= 4 is 17.7 Å². The van der Waals surface area contributed by atoms with Crippen molar-refractivity contribution in [1.29, 1.82) is 0 Å². The molecule has 2 N–H and O–H groups in total. The SMILES string of the molecule is O=C(NCC1CCCCO1)C1CSCCN1. The number of hydrogen-bond acceptors (Lipinski definition) is 4. The Hall–Kier alpha value is -0.260. The number of ether oxygens (including phenoxy) is 1. The Balaban J connectivity index is 1.65. The Bertz CT molecular complexity index is 226. The summed E-state index contributed by atoms with van der Waals surface area (Å²) in [4.78, 5) is 11.8. The van der Waals surface area contributed by atoms with Crippen molar-refractivity contribution in [3.8, 4) is 0 Å². The molecule has 0 spiro atoms. The first-order chi connectivity index (χ1) is 7.86. The average molecular weight is 244 g/mol. The van der Waals surface area contributed by atoms with Crippen LogP contribution in [-0.4, -0.2) is 49.3 Å². The van der Waals surface area contributed by atoms with Gasteiger partial charge >= 0.3 is 0 Å². The van der Waals surface area contributed by atoms with Crippen LogP contribution in [0, 0.1) is 0 Å². The van der Waals surface area contributed by atoms with E-state index in [1.165, 1.54) is 6.42 Å². The standard InChI is InChI=1S/C11H20N2O2S/c14-11(10-8-16-6-4-12-10)13-7-9-3-1-2-5-15-9/h9-10,12H,1-8H2,(H,13,14). The van der Waals surface area contributed by atoms with Crippen molar-refractivity contribution in [3.05, 3.63) is 0 Å². The second kappa shape index (κ2) is 6.47. The molecule has 5 heteroatoms. The molecule has 0 aromatic heterocycles. The van der Waals surface area contributed by atoms with Crippen LogP contribution < -0.4 is 10.6 Å². The van der Waals surface area contributed by atoms with Gasteiger partial charge in [0.25, 0.3) is 0 Å². The van der Waals surface area contributed by atoms with Gasteiger partial charge in [0.15, 0.2) is 0 Å². The molecular formula is C11H20N2O2S. The zero-order chi connectivity index (χ0) is 11.2. The summed E-state index contributed by atoms with van der Waals surface area (Å²) in [6.07, 6.45) is 3.69. The number of carbonyl (C=O) groups excluding carboxylic acids is 1. The van der Waals surface area contributed by atoms with Gasteiger partial charge in [0.1, 0.15) is 0 Å². The summed E-state index contributed by atoms with van der Waals surface area (Å²) in [6.45, 7) is 2.45. The summed E-state index contributed by atoms with van der Waals surface area (Å²) < 4.78 is 5.58. The van der Waals surface area contributed by atoms with Gasteiger partial charge in [0.2, 0.25) is 5.91 Å². The normalized spacial score (nSPS) is 31.0. The predicted octanol–water partition coefficient (Wildman–Crippen LogP) is 0.377. The van der Waals surface area contributed by atoms with Crippen LogP contribution in [0.2, 0.25) is 0 Å². The van der Waals surface area contributed by atoms with Gasteiger partial charge in [0.05, 0.1) is 12.1 Å². The van der Waals surface area contributed by atoms with E-state index >= 15 is 0 Å². The predicted molar refractivity (Wildman–Crippen MR) is 65.7 cm³/mol. The monoisotopic (exact) mass is 244 g/mol. The van der Waals surface area contributed by atoms with Crippen LogP contribution in [0.1, 0.15) is 19.3 Å². The highest BCUT2D eigenvalue weighted by Crippen LogP contribution is 2.12. The van der Waals surface area contributed by atoms with E-state index < -0.39 is 0 Å². The molecule has 0 saturated carbocycles. The Morgan fingerprint density at radius 1 is 1.50 bits per heavy atom. The molecule has 92 valence electrons. The molecule has 16 heavy (non-hydrogen) atoms. The van der Waals surface area contributed by atoms with E-state index in [0.29, 0.717) is 6.54 Å². The molecule has 4 nitrogen and oxygen atoms in total. The third kappa shape index (κ3) is 3.64. The highest BCUT2D eigenvalue weighted by molar-refractivity contribution is 7.99. The Labute approximate surface area is 101 Å². The van der Waals surface area contributed by atoms with Crippen molar-refractivity contribution in [3.63, 3.8) is 0 Å². The number of hydrogen-bond donors (Lipinski definition) is 2. The van der Waals surface area contributed by atoms with Gasteiger partial charge in [-0.1, -0.05) is 0 Å². The van der Waals surface area contributed by atoms with Crippen molar-refractivity contribution in [2.45, 2.75) is 31.4 Å². The van der Waals surface area contributed by atoms with Gasteiger partial charge in [0, 0.05) is 31.2 Å². The summed E-state index contributed by atoms with van der Waals surface area (Å²) in [5.41, 5.74) is 0. The second-order valence-electron chi connectivity index (χ2n) is 4.32. The molecule has 1 amide bonds. The van der Waals surface area contributed by atoms with E-state index in [-0.39, 0.29) is 18.1 Å². The zero-order valence-electron chi connectivity index (χ0n) is 9.54. The fraction of sp³-hybridized carbons (Fsp3) is 0.909. The molecule has 2 saturated heterocycles. The number of carbonyl (C=O) groups is 1. The van der Waals surface area contributed by atoms with Gasteiger partial charge in [-0.3, -0.25) is 4.79 Å². The lowest BCUT2D eigenvalue weighted by molar-refractivity contribution is -0.123. The van der Waals surface area contributed by atoms with E-state index in [1.54, 1.807) is 0 Å². The fourth-order valence-corrected chi connectivity index (χ4v) is 2.97. The van der Waals surface area contributed by atoms with Gasteiger partial charge in [-0.25, -0.2) is 0 Å². The third-order valence-corrected chi connectivity index (χ3v) is 4.08. The maximum atomic E-state index is 11.8. The quantitative estimate of drug-likeness (QED) is 0.753. The van der Waals surface area contributed by atoms with Gasteiger partial charge in [-0.2, -0.15) is 11.8 Å². The molecule has 2 unspecified atom stereocenters. The summed E-state index contributed by atoms with van der Waals surface area (Å²) in [6, 6.07) is -0.0117. The molecule has 2 heterocycles.